The Balaban J connectivity index is 3.01. The van der Waals surface area contributed by atoms with Crippen LogP contribution in [0.15, 0.2) is 12.2 Å². The molecule has 1 aliphatic carbocycles. The van der Waals surface area contributed by atoms with Crippen molar-refractivity contribution in [2.24, 2.45) is 11.3 Å². The van der Waals surface area contributed by atoms with E-state index < -0.39 is 0 Å². The van der Waals surface area contributed by atoms with E-state index in [9.17, 15) is 0 Å². The van der Waals surface area contributed by atoms with Crippen LogP contribution in [0.4, 0.5) is 0 Å². The summed E-state index contributed by atoms with van der Waals surface area (Å²) in [5, 5.41) is 0. The van der Waals surface area contributed by atoms with Crippen LogP contribution in [0, 0.1) is 11.3 Å². The molecule has 0 radical (unpaired) electrons. The van der Waals surface area contributed by atoms with Crippen LogP contribution in [-0.4, -0.2) is 7.80 Å². The van der Waals surface area contributed by atoms with Crippen LogP contribution in [0.5, 0.6) is 0 Å². The Morgan fingerprint density at radius 2 is 1.92 bits per heavy atom. The first-order valence-electron chi connectivity index (χ1n) is 4.12. The molecule has 0 amide bonds. The van der Waals surface area contributed by atoms with Crippen molar-refractivity contribution in [3.05, 3.63) is 12.2 Å². The average Bonchev–Trinajstić information content (AvgIpc) is 1.97. The summed E-state index contributed by atoms with van der Waals surface area (Å²) in [6.07, 6.45) is 1.18. The molecular weight excluding hydrogens is 488 g/mol. The van der Waals surface area contributed by atoms with Gasteiger partial charge in [-0.25, -0.2) is 0 Å². The second-order valence-corrected chi connectivity index (χ2v) is 7.23. The quantitative estimate of drug-likeness (QED) is 0.477. The van der Waals surface area contributed by atoms with E-state index in [1.54, 1.807) is 46.5 Å². The van der Waals surface area contributed by atoms with E-state index in [0.29, 0.717) is 5.41 Å². The fourth-order valence-corrected chi connectivity index (χ4v) is 4.07. The molecule has 1 saturated carbocycles. The summed E-state index contributed by atoms with van der Waals surface area (Å²) < 4.78 is 3.20. The summed E-state index contributed by atoms with van der Waals surface area (Å²) in [6.45, 7) is 11.2. The van der Waals surface area contributed by atoms with E-state index in [-0.39, 0.29) is 0 Å². The molecule has 66 valence electrons. The molecule has 0 aromatic rings. The van der Waals surface area contributed by atoms with Crippen molar-refractivity contribution in [3.8, 4) is 0 Å². The van der Waals surface area contributed by atoms with Gasteiger partial charge in [-0.3, -0.25) is 0 Å². The molecule has 0 aliphatic heterocycles. The zero-order valence-electron chi connectivity index (χ0n) is 7.81. The molecule has 0 spiro atoms. The monoisotopic (exact) mass is 502 g/mol. The number of hydrogen-bond acceptors (Lipinski definition) is 0. The molecule has 0 saturated heterocycles. The topological polar surface area (TPSA) is 0 Å². The second kappa shape index (κ2) is 3.54. The number of allylic oxidation sites excluding steroid dienone is 1. The third-order valence-electron chi connectivity index (χ3n) is 2.78. The van der Waals surface area contributed by atoms with E-state index in [4.69, 9.17) is 0 Å². The van der Waals surface area contributed by atoms with Gasteiger partial charge in [0.2, 0.25) is 0 Å². The van der Waals surface area contributed by atoms with Gasteiger partial charge in [0.05, 0.1) is 0 Å². The zero-order valence-corrected chi connectivity index (χ0v) is 13.7. The van der Waals surface area contributed by atoms with Crippen LogP contribution in [0.25, 0.3) is 0 Å². The van der Waals surface area contributed by atoms with Gasteiger partial charge in [0.1, 0.15) is 0 Å². The van der Waals surface area contributed by atoms with E-state index in [1.807, 2.05) is 0 Å². The molecule has 0 heterocycles. The Labute approximate surface area is 96.6 Å². The molecule has 1 aliphatic rings. The van der Waals surface area contributed by atoms with Crippen LogP contribution in [0.3, 0.4) is 0 Å². The van der Waals surface area contributed by atoms with Gasteiger partial charge in [0.15, 0.2) is 0 Å². The third kappa shape index (κ3) is 1.85. The minimum absolute atomic E-state index is 0.438. The fourth-order valence-electron chi connectivity index (χ4n) is 1.51. The molecule has 0 bridgehead atoms. The molecule has 0 nitrogen and oxygen atoms in total. The summed E-state index contributed by atoms with van der Waals surface area (Å²) in [5.74, 6) is 0.755. The molecule has 2 heteroatoms. The summed E-state index contributed by atoms with van der Waals surface area (Å²) in [7, 11) is 0. The van der Waals surface area contributed by atoms with E-state index in [0.717, 1.165) is 5.92 Å². The van der Waals surface area contributed by atoms with Crippen LogP contribution in [0.2, 0.25) is 0 Å². The van der Waals surface area contributed by atoms with Gasteiger partial charge in [-0.2, -0.15) is 0 Å². The number of hydrogen-bond donors (Lipinski definition) is 0. The Morgan fingerprint density at radius 3 is 2.42 bits per heavy atom. The number of rotatable bonds is 0. The third-order valence-corrected chi connectivity index (χ3v) is 8.63. The van der Waals surface area contributed by atoms with Crippen molar-refractivity contribution >= 4 is 7.80 Å². The van der Waals surface area contributed by atoms with Gasteiger partial charge in [-0.1, -0.05) is 0 Å². The predicted molar refractivity (Wildman–Crippen MR) is 46.7 cm³/mol. The summed E-state index contributed by atoms with van der Waals surface area (Å²) in [6, 6.07) is 0. The normalized spacial score (nSPS) is 29.2. The van der Waals surface area contributed by atoms with Crippen LogP contribution >= 0.6 is 0 Å². The molecule has 12 heavy (non-hydrogen) atoms. The van der Waals surface area contributed by atoms with Gasteiger partial charge >= 0.3 is 97.2 Å². The molecular formula is C10H14W2. The summed E-state index contributed by atoms with van der Waals surface area (Å²) in [5.41, 5.74) is 1.82. The fraction of sp³-hybridized carbons (Fsp3) is 0.600. The summed E-state index contributed by atoms with van der Waals surface area (Å²) >= 11 is 3.23. The van der Waals surface area contributed by atoms with Crippen molar-refractivity contribution in [1.82, 2.24) is 0 Å². The van der Waals surface area contributed by atoms with Crippen molar-refractivity contribution in [3.63, 3.8) is 0 Å². The van der Waals surface area contributed by atoms with Crippen LogP contribution in [-0.2, 0) is 38.7 Å². The zero-order chi connectivity index (χ0) is 9.52. The second-order valence-electron chi connectivity index (χ2n) is 4.18. The van der Waals surface area contributed by atoms with Gasteiger partial charge in [-0.15, -0.1) is 0 Å². The van der Waals surface area contributed by atoms with Gasteiger partial charge in [0, 0.05) is 0 Å². The Morgan fingerprint density at radius 1 is 1.42 bits per heavy atom. The Kier molecular flexibility index (Phi) is 3.23. The van der Waals surface area contributed by atoms with E-state index >= 15 is 0 Å². The van der Waals surface area contributed by atoms with Crippen molar-refractivity contribution in [1.29, 1.82) is 0 Å². The maximum atomic E-state index is 4.15. The SMILES string of the molecule is C=C1CC(C)(C)C(C)[C](=[W])[C]1=[W]. The van der Waals surface area contributed by atoms with Gasteiger partial charge in [0.25, 0.3) is 0 Å². The van der Waals surface area contributed by atoms with Crippen LogP contribution in [0.1, 0.15) is 27.2 Å². The predicted octanol–water partition coefficient (Wildman–Crippen LogP) is 2.05. The first-order chi connectivity index (χ1) is 5.36. The first kappa shape index (κ1) is 10.9. The Bertz CT molecular complexity index is 261. The van der Waals surface area contributed by atoms with Crippen molar-refractivity contribution in [2.75, 3.05) is 0 Å². The van der Waals surface area contributed by atoms with Crippen LogP contribution < -0.4 is 0 Å². The first-order valence-corrected chi connectivity index (χ1v) is 7.06. The molecule has 1 unspecified atom stereocenters. The van der Waals surface area contributed by atoms with E-state index in [1.165, 1.54) is 12.0 Å². The molecule has 1 fully saturated rings. The Hall–Kier alpha value is 0.857. The minimum atomic E-state index is 0.438. The maximum absolute atomic E-state index is 4.15. The van der Waals surface area contributed by atoms with Gasteiger partial charge in [-0.05, 0) is 0 Å². The van der Waals surface area contributed by atoms with E-state index in [2.05, 4.69) is 27.4 Å². The molecule has 1 rings (SSSR count). The van der Waals surface area contributed by atoms with Crippen molar-refractivity contribution in [2.45, 2.75) is 27.2 Å². The molecule has 0 aromatic heterocycles. The molecule has 0 aromatic carbocycles. The summed E-state index contributed by atoms with van der Waals surface area (Å²) in [4.78, 5) is 0. The van der Waals surface area contributed by atoms with Crippen molar-refractivity contribution < 1.29 is 38.7 Å². The molecule has 0 N–H and O–H groups in total. The van der Waals surface area contributed by atoms with Gasteiger partial charge < -0.3 is 0 Å². The standard InChI is InChI=1S/C10H14.2W/c1-8-5-6-9(2)10(3,4)7-8;;/h9H,1,7H2,2-4H3;;. The average molecular weight is 502 g/mol. The molecule has 1 atom stereocenters.